The zero-order chi connectivity index (χ0) is 29.0. The third-order valence-electron chi connectivity index (χ3n) is 7.62. The highest BCUT2D eigenvalue weighted by molar-refractivity contribution is 6.08. The molecule has 1 aliphatic rings. The lowest BCUT2D eigenvalue weighted by atomic mass is 9.80. The van der Waals surface area contributed by atoms with Crippen LogP contribution < -0.4 is 10.2 Å². The molecule has 5 rings (SSSR count). The Labute approximate surface area is 236 Å². The van der Waals surface area contributed by atoms with Gasteiger partial charge < -0.3 is 15.3 Å². The summed E-state index contributed by atoms with van der Waals surface area (Å²) in [5.74, 6) is -1.64. The van der Waals surface area contributed by atoms with Gasteiger partial charge >= 0.3 is 12.1 Å². The molecule has 0 aliphatic carbocycles. The van der Waals surface area contributed by atoms with Crippen LogP contribution in [0.3, 0.4) is 0 Å². The zero-order valence-corrected chi connectivity index (χ0v) is 22.1. The van der Waals surface area contributed by atoms with E-state index in [9.17, 15) is 27.9 Å². The number of aliphatic carboxylic acids is 1. The summed E-state index contributed by atoms with van der Waals surface area (Å²) >= 11 is 0. The van der Waals surface area contributed by atoms with Crippen LogP contribution in [-0.2, 0) is 11.0 Å². The predicted octanol–water partition coefficient (Wildman–Crippen LogP) is 7.71. The van der Waals surface area contributed by atoms with Gasteiger partial charge in [-0.05, 0) is 77.9 Å². The van der Waals surface area contributed by atoms with Gasteiger partial charge in [0.15, 0.2) is 0 Å². The molecule has 0 aromatic heterocycles. The molecule has 5 nitrogen and oxygen atoms in total. The van der Waals surface area contributed by atoms with Gasteiger partial charge in [0.2, 0.25) is 0 Å². The molecule has 8 heteroatoms. The normalized spacial score (nSPS) is 14.9. The Hall–Kier alpha value is -4.59. The number of piperidine rings is 1. The molecular weight excluding hydrogens is 529 g/mol. The highest BCUT2D eigenvalue weighted by Gasteiger charge is 2.33. The lowest BCUT2D eigenvalue weighted by molar-refractivity contribution is -0.140. The number of amides is 1. The average molecular weight is 559 g/mol. The number of nitrogens with one attached hydrogen (secondary N) is 1. The van der Waals surface area contributed by atoms with Gasteiger partial charge in [0, 0.05) is 30.0 Å². The Morgan fingerprint density at radius 2 is 1.41 bits per heavy atom. The van der Waals surface area contributed by atoms with Crippen LogP contribution in [0, 0.1) is 5.92 Å². The van der Waals surface area contributed by atoms with Crippen LogP contribution in [0.1, 0.15) is 40.2 Å². The Kier molecular flexibility index (Phi) is 8.10. The molecule has 1 aliphatic heterocycles. The van der Waals surface area contributed by atoms with Crippen molar-refractivity contribution in [2.45, 2.75) is 24.9 Å². The van der Waals surface area contributed by atoms with E-state index in [1.807, 2.05) is 54.6 Å². The summed E-state index contributed by atoms with van der Waals surface area (Å²) in [7, 11) is 0. The van der Waals surface area contributed by atoms with E-state index in [-0.39, 0.29) is 11.8 Å². The van der Waals surface area contributed by atoms with Crippen LogP contribution >= 0.6 is 0 Å². The number of anilines is 2. The molecule has 1 unspecified atom stereocenters. The van der Waals surface area contributed by atoms with E-state index < -0.39 is 23.6 Å². The van der Waals surface area contributed by atoms with E-state index >= 15 is 0 Å². The minimum atomic E-state index is -4.43. The Morgan fingerprint density at radius 3 is 2.02 bits per heavy atom. The molecule has 0 saturated carbocycles. The average Bonchev–Trinajstić information content (AvgIpc) is 2.98. The topological polar surface area (TPSA) is 69.6 Å². The Morgan fingerprint density at radius 1 is 0.805 bits per heavy atom. The van der Waals surface area contributed by atoms with Crippen molar-refractivity contribution in [3.63, 3.8) is 0 Å². The molecule has 4 aromatic carbocycles. The number of carbonyl (C=O) groups excluding carboxylic acids is 1. The number of carboxylic acids is 1. The SMILES string of the molecule is O=C(Nc1ccc(N2CCC(C(C(=O)O)c3ccccc3)CC2)cc1)c1ccccc1-c1ccc(C(F)(F)F)cc1. The molecule has 1 amide bonds. The van der Waals surface area contributed by atoms with Crippen LogP contribution in [0.5, 0.6) is 0 Å². The third-order valence-corrected chi connectivity index (χ3v) is 7.62. The third kappa shape index (κ3) is 6.43. The summed E-state index contributed by atoms with van der Waals surface area (Å²) in [4.78, 5) is 27.4. The predicted molar refractivity (Wildman–Crippen MR) is 153 cm³/mol. The monoisotopic (exact) mass is 558 g/mol. The van der Waals surface area contributed by atoms with Crippen molar-refractivity contribution in [1.82, 2.24) is 0 Å². The lowest BCUT2D eigenvalue weighted by Gasteiger charge is -2.36. The molecule has 210 valence electrons. The molecule has 0 radical (unpaired) electrons. The van der Waals surface area contributed by atoms with Gasteiger partial charge in [-0.15, -0.1) is 0 Å². The molecule has 1 fully saturated rings. The number of carboxylic acid groups (broad SMARTS) is 1. The number of hydrogen-bond acceptors (Lipinski definition) is 3. The minimum Gasteiger partial charge on any atom is -0.481 e. The molecule has 1 heterocycles. The van der Waals surface area contributed by atoms with E-state index in [1.54, 1.807) is 24.3 Å². The van der Waals surface area contributed by atoms with Crippen molar-refractivity contribution in [1.29, 1.82) is 0 Å². The number of hydrogen-bond donors (Lipinski definition) is 2. The van der Waals surface area contributed by atoms with Crippen LogP contribution in [0.15, 0.2) is 103 Å². The van der Waals surface area contributed by atoms with Crippen molar-refractivity contribution >= 4 is 23.3 Å². The zero-order valence-electron chi connectivity index (χ0n) is 22.1. The van der Waals surface area contributed by atoms with Gasteiger partial charge in [-0.25, -0.2) is 0 Å². The molecule has 1 atom stereocenters. The molecule has 0 bridgehead atoms. The number of alkyl halides is 3. The number of nitrogens with zero attached hydrogens (tertiary/aromatic N) is 1. The summed E-state index contributed by atoms with van der Waals surface area (Å²) in [6.45, 7) is 1.46. The van der Waals surface area contributed by atoms with Gasteiger partial charge in [-0.3, -0.25) is 9.59 Å². The highest BCUT2D eigenvalue weighted by Crippen LogP contribution is 2.35. The van der Waals surface area contributed by atoms with Gasteiger partial charge in [-0.2, -0.15) is 13.2 Å². The maximum absolute atomic E-state index is 13.1. The number of rotatable bonds is 7. The first-order valence-corrected chi connectivity index (χ1v) is 13.4. The Balaban J connectivity index is 1.23. The fourth-order valence-corrected chi connectivity index (χ4v) is 5.49. The summed E-state index contributed by atoms with van der Waals surface area (Å²) in [6, 6.07) is 28.4. The lowest BCUT2D eigenvalue weighted by Crippen LogP contribution is -2.37. The van der Waals surface area contributed by atoms with Gasteiger partial charge in [0.05, 0.1) is 11.5 Å². The van der Waals surface area contributed by atoms with E-state index in [4.69, 9.17) is 0 Å². The van der Waals surface area contributed by atoms with E-state index in [0.29, 0.717) is 22.4 Å². The first-order valence-electron chi connectivity index (χ1n) is 13.4. The fourth-order valence-electron chi connectivity index (χ4n) is 5.49. The second-order valence-electron chi connectivity index (χ2n) is 10.2. The quantitative estimate of drug-likeness (QED) is 0.244. The summed E-state index contributed by atoms with van der Waals surface area (Å²) < 4.78 is 38.9. The second-order valence-corrected chi connectivity index (χ2v) is 10.2. The van der Waals surface area contributed by atoms with Gasteiger partial charge in [-0.1, -0.05) is 60.7 Å². The molecule has 0 spiro atoms. The van der Waals surface area contributed by atoms with Crippen molar-refractivity contribution in [2.75, 3.05) is 23.3 Å². The van der Waals surface area contributed by atoms with Crippen molar-refractivity contribution in [3.05, 3.63) is 120 Å². The number of benzene rings is 4. The highest BCUT2D eigenvalue weighted by atomic mass is 19.4. The Bertz CT molecular complexity index is 1500. The number of halogens is 3. The maximum atomic E-state index is 13.1. The minimum absolute atomic E-state index is 0.0504. The van der Waals surface area contributed by atoms with Gasteiger partial charge in [0.1, 0.15) is 0 Å². The summed E-state index contributed by atoms with van der Waals surface area (Å²) in [6.07, 6.45) is -2.92. The van der Waals surface area contributed by atoms with Crippen molar-refractivity contribution < 1.29 is 27.9 Å². The maximum Gasteiger partial charge on any atom is 0.416 e. The van der Waals surface area contributed by atoms with E-state index in [2.05, 4.69) is 10.2 Å². The molecule has 4 aromatic rings. The molecule has 1 saturated heterocycles. The molecule has 2 N–H and O–H groups in total. The van der Waals surface area contributed by atoms with Crippen molar-refractivity contribution in [3.8, 4) is 11.1 Å². The second kappa shape index (κ2) is 11.9. The first-order chi connectivity index (χ1) is 19.7. The summed E-state index contributed by atoms with van der Waals surface area (Å²) in [5.41, 5.74) is 3.06. The molecule has 41 heavy (non-hydrogen) atoms. The molecular formula is C33H29F3N2O3. The largest absolute Gasteiger partial charge is 0.481 e. The number of carbonyl (C=O) groups is 2. The standard InChI is InChI=1S/C33H29F3N2O3/c34-33(35,36)25-12-10-22(11-13-25)28-8-4-5-9-29(28)31(39)37-26-14-16-27(17-15-26)38-20-18-24(19-21-38)30(32(40)41)23-6-2-1-3-7-23/h1-17,24,30H,18-21H2,(H,37,39)(H,40,41). The smallest absolute Gasteiger partial charge is 0.416 e. The van der Waals surface area contributed by atoms with Gasteiger partial charge in [0.25, 0.3) is 5.91 Å². The first kappa shape index (κ1) is 28.0. The van der Waals surface area contributed by atoms with Crippen molar-refractivity contribution in [2.24, 2.45) is 5.92 Å². The van der Waals surface area contributed by atoms with Crippen LogP contribution in [0.4, 0.5) is 24.5 Å². The van der Waals surface area contributed by atoms with Crippen LogP contribution in [-0.4, -0.2) is 30.1 Å². The summed E-state index contributed by atoms with van der Waals surface area (Å²) in [5, 5.41) is 12.8. The van der Waals surface area contributed by atoms with E-state index in [0.717, 1.165) is 49.3 Å². The fraction of sp³-hybridized carbons (Fsp3) is 0.212. The van der Waals surface area contributed by atoms with E-state index in [1.165, 1.54) is 12.1 Å². The van der Waals surface area contributed by atoms with Crippen LogP contribution in [0.2, 0.25) is 0 Å². The van der Waals surface area contributed by atoms with Crippen LogP contribution in [0.25, 0.3) is 11.1 Å².